The SMILES string of the molecule is C=C(C=O)C(=C)C(C)C. The summed E-state index contributed by atoms with van der Waals surface area (Å²) in [6, 6.07) is 0. The maximum Gasteiger partial charge on any atom is 0.149 e. The molecule has 0 heterocycles. The van der Waals surface area contributed by atoms with Crippen LogP contribution in [0.15, 0.2) is 24.3 Å². The van der Waals surface area contributed by atoms with Gasteiger partial charge in [-0.1, -0.05) is 27.0 Å². The van der Waals surface area contributed by atoms with Crippen molar-refractivity contribution in [2.45, 2.75) is 13.8 Å². The van der Waals surface area contributed by atoms with Gasteiger partial charge in [-0.05, 0) is 11.5 Å². The molecule has 0 spiro atoms. The first-order chi connectivity index (χ1) is 4.09. The van der Waals surface area contributed by atoms with Crippen molar-refractivity contribution >= 4 is 6.29 Å². The fourth-order valence-corrected chi connectivity index (χ4v) is 0.446. The summed E-state index contributed by atoms with van der Waals surface area (Å²) >= 11 is 0. The van der Waals surface area contributed by atoms with Gasteiger partial charge in [-0.2, -0.15) is 0 Å². The molecule has 0 aromatic rings. The lowest BCUT2D eigenvalue weighted by molar-refractivity contribution is -0.104. The van der Waals surface area contributed by atoms with Crippen LogP contribution in [0.4, 0.5) is 0 Å². The summed E-state index contributed by atoms with van der Waals surface area (Å²) in [5.41, 5.74) is 1.33. The maximum atomic E-state index is 10.1. The van der Waals surface area contributed by atoms with Crippen LogP contribution in [0.2, 0.25) is 0 Å². The lowest BCUT2D eigenvalue weighted by Crippen LogP contribution is -1.95. The zero-order chi connectivity index (χ0) is 7.44. The van der Waals surface area contributed by atoms with Crippen molar-refractivity contribution in [3.63, 3.8) is 0 Å². The smallest absolute Gasteiger partial charge is 0.149 e. The van der Waals surface area contributed by atoms with E-state index in [1.165, 1.54) is 0 Å². The number of carbonyl (C=O) groups is 1. The second-order valence-corrected chi connectivity index (χ2v) is 2.32. The molecule has 0 atom stereocenters. The van der Waals surface area contributed by atoms with Crippen molar-refractivity contribution in [1.29, 1.82) is 0 Å². The minimum Gasteiger partial charge on any atom is -0.298 e. The maximum absolute atomic E-state index is 10.1. The molecule has 0 N–H and O–H groups in total. The fourth-order valence-electron chi connectivity index (χ4n) is 0.446. The topological polar surface area (TPSA) is 17.1 Å². The van der Waals surface area contributed by atoms with Gasteiger partial charge >= 0.3 is 0 Å². The van der Waals surface area contributed by atoms with Crippen molar-refractivity contribution in [3.05, 3.63) is 24.3 Å². The molecule has 0 saturated carbocycles. The lowest BCUT2D eigenvalue weighted by atomic mass is 9.99. The summed E-state index contributed by atoms with van der Waals surface area (Å²) < 4.78 is 0. The standard InChI is InChI=1S/C8H12O/c1-6(2)8(4)7(3)5-9/h5-6H,3-4H2,1-2H3. The second-order valence-electron chi connectivity index (χ2n) is 2.32. The van der Waals surface area contributed by atoms with E-state index in [9.17, 15) is 4.79 Å². The van der Waals surface area contributed by atoms with Gasteiger partial charge in [0.25, 0.3) is 0 Å². The van der Waals surface area contributed by atoms with Gasteiger partial charge in [0.2, 0.25) is 0 Å². The Morgan fingerprint density at radius 3 is 2.00 bits per heavy atom. The molecule has 1 nitrogen and oxygen atoms in total. The normalized spacial score (nSPS) is 9.22. The average Bonchev–Trinajstić information content (AvgIpc) is 1.84. The van der Waals surface area contributed by atoms with Crippen LogP contribution in [0.1, 0.15) is 13.8 Å². The number of carbonyl (C=O) groups excluding carboxylic acids is 1. The molecule has 50 valence electrons. The molecule has 0 rings (SSSR count). The van der Waals surface area contributed by atoms with E-state index in [0.717, 1.165) is 11.9 Å². The summed E-state index contributed by atoms with van der Waals surface area (Å²) in [6.45, 7) is 11.2. The van der Waals surface area contributed by atoms with Gasteiger partial charge in [0, 0.05) is 5.57 Å². The Kier molecular flexibility index (Phi) is 2.93. The van der Waals surface area contributed by atoms with Gasteiger partial charge in [-0.15, -0.1) is 0 Å². The van der Waals surface area contributed by atoms with Gasteiger partial charge in [-0.3, -0.25) is 4.79 Å². The number of hydrogen-bond acceptors (Lipinski definition) is 1. The quantitative estimate of drug-likeness (QED) is 0.319. The van der Waals surface area contributed by atoms with Gasteiger partial charge in [-0.25, -0.2) is 0 Å². The molecule has 0 aliphatic rings. The summed E-state index contributed by atoms with van der Waals surface area (Å²) in [6.07, 6.45) is 0.738. The minimum atomic E-state index is 0.322. The van der Waals surface area contributed by atoms with Crippen molar-refractivity contribution in [2.24, 2.45) is 5.92 Å². The van der Waals surface area contributed by atoms with Crippen molar-refractivity contribution in [3.8, 4) is 0 Å². The van der Waals surface area contributed by atoms with Crippen LogP contribution in [0.25, 0.3) is 0 Å². The molecule has 0 unspecified atom stereocenters. The fraction of sp³-hybridized carbons (Fsp3) is 0.375. The van der Waals surface area contributed by atoms with Crippen molar-refractivity contribution in [2.75, 3.05) is 0 Å². The first-order valence-electron chi connectivity index (χ1n) is 2.92. The van der Waals surface area contributed by atoms with E-state index < -0.39 is 0 Å². The van der Waals surface area contributed by atoms with Crippen molar-refractivity contribution in [1.82, 2.24) is 0 Å². The Labute approximate surface area is 56.1 Å². The Morgan fingerprint density at radius 2 is 1.89 bits per heavy atom. The molecule has 0 aromatic heterocycles. The highest BCUT2D eigenvalue weighted by molar-refractivity contribution is 5.78. The molecule has 0 amide bonds. The van der Waals surface area contributed by atoms with Gasteiger partial charge in [0.15, 0.2) is 0 Å². The van der Waals surface area contributed by atoms with Crippen LogP contribution in [-0.2, 0) is 4.79 Å². The first kappa shape index (κ1) is 8.15. The largest absolute Gasteiger partial charge is 0.298 e. The third kappa shape index (κ3) is 2.27. The molecule has 0 fully saturated rings. The lowest BCUT2D eigenvalue weighted by Gasteiger charge is -2.05. The van der Waals surface area contributed by atoms with E-state index in [1.807, 2.05) is 13.8 Å². The van der Waals surface area contributed by atoms with E-state index >= 15 is 0 Å². The van der Waals surface area contributed by atoms with E-state index in [4.69, 9.17) is 0 Å². The predicted molar refractivity (Wildman–Crippen MR) is 39.2 cm³/mol. The molecule has 0 aliphatic carbocycles. The monoisotopic (exact) mass is 124 g/mol. The zero-order valence-electron chi connectivity index (χ0n) is 5.98. The Balaban J connectivity index is 4.04. The predicted octanol–water partition coefficient (Wildman–Crippen LogP) is 1.95. The number of rotatable bonds is 3. The van der Waals surface area contributed by atoms with Crippen LogP contribution in [0.5, 0.6) is 0 Å². The molecule has 0 radical (unpaired) electrons. The van der Waals surface area contributed by atoms with Crippen LogP contribution in [-0.4, -0.2) is 6.29 Å². The third-order valence-electron chi connectivity index (χ3n) is 1.25. The highest BCUT2D eigenvalue weighted by Crippen LogP contribution is 2.12. The first-order valence-corrected chi connectivity index (χ1v) is 2.92. The molecule has 1 heteroatoms. The Bertz CT molecular complexity index is 143. The van der Waals surface area contributed by atoms with E-state index in [1.54, 1.807) is 0 Å². The van der Waals surface area contributed by atoms with Crippen molar-refractivity contribution < 1.29 is 4.79 Å². The van der Waals surface area contributed by atoms with Crippen LogP contribution in [0, 0.1) is 5.92 Å². The van der Waals surface area contributed by atoms with E-state index in [-0.39, 0.29) is 0 Å². The van der Waals surface area contributed by atoms with Crippen LogP contribution >= 0.6 is 0 Å². The molecule has 0 saturated heterocycles. The van der Waals surface area contributed by atoms with E-state index in [0.29, 0.717) is 11.5 Å². The molecule has 0 aromatic carbocycles. The van der Waals surface area contributed by atoms with Crippen LogP contribution < -0.4 is 0 Å². The highest BCUT2D eigenvalue weighted by Gasteiger charge is 2.01. The molecular formula is C8H12O. The zero-order valence-corrected chi connectivity index (χ0v) is 5.98. The van der Waals surface area contributed by atoms with Gasteiger partial charge in [0.05, 0.1) is 0 Å². The van der Waals surface area contributed by atoms with Crippen LogP contribution in [0.3, 0.4) is 0 Å². The van der Waals surface area contributed by atoms with Gasteiger partial charge < -0.3 is 0 Å². The number of hydrogen-bond donors (Lipinski definition) is 0. The molecule has 0 aliphatic heterocycles. The second kappa shape index (κ2) is 3.23. The summed E-state index contributed by atoms with van der Waals surface area (Å²) in [5, 5.41) is 0. The number of aldehydes is 1. The minimum absolute atomic E-state index is 0.322. The third-order valence-corrected chi connectivity index (χ3v) is 1.25. The average molecular weight is 124 g/mol. The Hall–Kier alpha value is -0.850. The summed E-state index contributed by atoms with van der Waals surface area (Å²) in [7, 11) is 0. The van der Waals surface area contributed by atoms with E-state index in [2.05, 4.69) is 13.2 Å². The molecule has 9 heavy (non-hydrogen) atoms. The number of allylic oxidation sites excluding steroid dienone is 2. The molecule has 0 bridgehead atoms. The highest BCUT2D eigenvalue weighted by atomic mass is 16.1. The summed E-state index contributed by atoms with van der Waals surface area (Å²) in [5.74, 6) is 0.322. The Morgan fingerprint density at radius 1 is 1.44 bits per heavy atom. The van der Waals surface area contributed by atoms with Gasteiger partial charge in [0.1, 0.15) is 6.29 Å². The molecular weight excluding hydrogens is 112 g/mol. The summed E-state index contributed by atoms with van der Waals surface area (Å²) in [4.78, 5) is 10.1.